The summed E-state index contributed by atoms with van der Waals surface area (Å²) in [5.74, 6) is 1.81. The van der Waals surface area contributed by atoms with Crippen LogP contribution in [0.4, 0.5) is 11.6 Å². The molecule has 0 aromatic carbocycles. The van der Waals surface area contributed by atoms with Crippen LogP contribution in [-0.2, 0) is 6.54 Å². The van der Waals surface area contributed by atoms with Gasteiger partial charge >= 0.3 is 0 Å². The summed E-state index contributed by atoms with van der Waals surface area (Å²) in [5, 5.41) is 11.5. The number of fused-ring (bicyclic) bond motifs is 1. The molecule has 7 nitrogen and oxygen atoms in total. The van der Waals surface area contributed by atoms with E-state index in [0.717, 1.165) is 41.3 Å². The molecule has 0 unspecified atom stereocenters. The number of rotatable bonds is 10. The highest BCUT2D eigenvalue weighted by molar-refractivity contribution is 6.54. The molecule has 0 atom stereocenters. The molecule has 1 saturated heterocycles. The van der Waals surface area contributed by atoms with Crippen LogP contribution in [0.25, 0.3) is 5.65 Å². The number of aromatic nitrogens is 4. The molecule has 1 aliphatic rings. The van der Waals surface area contributed by atoms with Gasteiger partial charge in [0.15, 0.2) is 12.9 Å². The SMILES string of the molecule is C[B]c1cnn2c(NCc3cccnc3)cc(NCCCCN3CCCC3)nc12. The van der Waals surface area contributed by atoms with Crippen LogP contribution < -0.4 is 16.1 Å². The Labute approximate surface area is 173 Å². The molecule has 0 aliphatic carbocycles. The summed E-state index contributed by atoms with van der Waals surface area (Å²) < 4.78 is 1.87. The highest BCUT2D eigenvalue weighted by Gasteiger charge is 2.12. The molecule has 0 bridgehead atoms. The monoisotopic (exact) mass is 390 g/mol. The maximum absolute atomic E-state index is 4.79. The van der Waals surface area contributed by atoms with Gasteiger partial charge in [-0.25, -0.2) is 4.98 Å². The number of hydrogen-bond donors (Lipinski definition) is 2. The lowest BCUT2D eigenvalue weighted by atomic mass is 9.75. The lowest BCUT2D eigenvalue weighted by molar-refractivity contribution is 0.331. The summed E-state index contributed by atoms with van der Waals surface area (Å²) in [5.41, 5.74) is 3.03. The van der Waals surface area contributed by atoms with E-state index >= 15 is 0 Å². The van der Waals surface area contributed by atoms with Gasteiger partial charge < -0.3 is 15.5 Å². The molecular weight excluding hydrogens is 361 g/mol. The van der Waals surface area contributed by atoms with E-state index in [4.69, 9.17) is 4.98 Å². The zero-order chi connectivity index (χ0) is 19.9. The third kappa shape index (κ3) is 5.06. The fourth-order valence-corrected chi connectivity index (χ4v) is 3.78. The second-order valence-electron chi connectivity index (χ2n) is 7.55. The van der Waals surface area contributed by atoms with Gasteiger partial charge in [-0.05, 0) is 62.4 Å². The average molecular weight is 390 g/mol. The Hall–Kier alpha value is -2.61. The molecule has 4 rings (SSSR count). The first kappa shape index (κ1) is 19.7. The Balaban J connectivity index is 1.40. The van der Waals surface area contributed by atoms with E-state index in [0.29, 0.717) is 6.54 Å². The molecule has 4 heterocycles. The first-order valence-corrected chi connectivity index (χ1v) is 10.6. The zero-order valence-corrected chi connectivity index (χ0v) is 17.1. The van der Waals surface area contributed by atoms with Gasteiger partial charge in [-0.15, -0.1) is 0 Å². The molecule has 0 spiro atoms. The lowest BCUT2D eigenvalue weighted by Crippen LogP contribution is -2.21. The largest absolute Gasteiger partial charge is 0.370 e. The quantitative estimate of drug-likeness (QED) is 0.409. The van der Waals surface area contributed by atoms with Crippen molar-refractivity contribution in [2.75, 3.05) is 36.8 Å². The number of nitrogens with one attached hydrogen (secondary N) is 2. The third-order valence-corrected chi connectivity index (χ3v) is 5.41. The van der Waals surface area contributed by atoms with Gasteiger partial charge in [0.2, 0.25) is 0 Å². The van der Waals surface area contributed by atoms with Crippen molar-refractivity contribution in [3.8, 4) is 0 Å². The fourth-order valence-electron chi connectivity index (χ4n) is 3.78. The van der Waals surface area contributed by atoms with Crippen LogP contribution in [0.3, 0.4) is 0 Å². The molecule has 1 radical (unpaired) electrons. The summed E-state index contributed by atoms with van der Waals surface area (Å²) in [6.45, 7) is 7.39. The van der Waals surface area contributed by atoms with Crippen LogP contribution in [0, 0.1) is 0 Å². The van der Waals surface area contributed by atoms with Gasteiger partial charge in [0.05, 0.1) is 0 Å². The molecule has 1 aliphatic heterocycles. The Kier molecular flexibility index (Phi) is 6.62. The molecule has 1 fully saturated rings. The smallest absolute Gasteiger partial charge is 0.155 e. The summed E-state index contributed by atoms with van der Waals surface area (Å²) >= 11 is 0. The molecule has 0 saturated carbocycles. The topological polar surface area (TPSA) is 70.4 Å². The normalized spacial score (nSPS) is 14.4. The Morgan fingerprint density at radius 2 is 2.03 bits per heavy atom. The molecule has 3 aromatic heterocycles. The van der Waals surface area contributed by atoms with E-state index < -0.39 is 0 Å². The van der Waals surface area contributed by atoms with Crippen molar-refractivity contribution in [1.29, 1.82) is 0 Å². The highest BCUT2D eigenvalue weighted by Crippen LogP contribution is 2.16. The minimum Gasteiger partial charge on any atom is -0.370 e. The lowest BCUT2D eigenvalue weighted by Gasteiger charge is -2.15. The number of anilines is 2. The van der Waals surface area contributed by atoms with Crippen molar-refractivity contribution < 1.29 is 0 Å². The molecule has 0 amide bonds. The first-order chi connectivity index (χ1) is 14.3. The summed E-state index contributed by atoms with van der Waals surface area (Å²) in [6.07, 6.45) is 10.6. The fraction of sp³-hybridized carbons (Fsp3) is 0.476. The second kappa shape index (κ2) is 9.74. The van der Waals surface area contributed by atoms with E-state index in [1.54, 1.807) is 6.20 Å². The Morgan fingerprint density at radius 1 is 1.14 bits per heavy atom. The Morgan fingerprint density at radius 3 is 2.83 bits per heavy atom. The Bertz CT molecular complexity index is 906. The van der Waals surface area contributed by atoms with Crippen LogP contribution >= 0.6 is 0 Å². The van der Waals surface area contributed by atoms with Gasteiger partial charge in [-0.3, -0.25) is 4.98 Å². The van der Waals surface area contributed by atoms with Crippen LogP contribution in [0.1, 0.15) is 31.2 Å². The maximum Gasteiger partial charge on any atom is 0.155 e. The van der Waals surface area contributed by atoms with E-state index in [2.05, 4.69) is 31.7 Å². The van der Waals surface area contributed by atoms with E-state index in [-0.39, 0.29) is 0 Å². The minimum atomic E-state index is 0.688. The number of pyridine rings is 1. The van der Waals surface area contributed by atoms with Gasteiger partial charge in [0, 0.05) is 37.7 Å². The minimum absolute atomic E-state index is 0.688. The van der Waals surface area contributed by atoms with Gasteiger partial charge in [-0.2, -0.15) is 9.61 Å². The highest BCUT2D eigenvalue weighted by atomic mass is 15.3. The van der Waals surface area contributed by atoms with Crippen molar-refractivity contribution in [3.63, 3.8) is 0 Å². The van der Waals surface area contributed by atoms with Crippen LogP contribution in [0.2, 0.25) is 6.82 Å². The standard InChI is InChI=1S/C21H29BN7/c1-22-18-16-26-29-20(25-15-17-7-6-8-23-14-17)13-19(27-21(18)29)24-9-2-3-10-28-11-4-5-12-28/h6-8,13-14,16,25H,2-5,9-12,15H2,1H3,(H,24,27). The predicted octanol–water partition coefficient (Wildman–Crippen LogP) is 2.40. The van der Waals surface area contributed by atoms with Crippen LogP contribution in [0.15, 0.2) is 36.8 Å². The van der Waals surface area contributed by atoms with Crippen LogP contribution in [0.5, 0.6) is 0 Å². The molecule has 8 heteroatoms. The van der Waals surface area contributed by atoms with Crippen molar-refractivity contribution in [3.05, 3.63) is 42.4 Å². The van der Waals surface area contributed by atoms with Crippen molar-refractivity contribution in [2.24, 2.45) is 0 Å². The molecule has 3 aromatic rings. The van der Waals surface area contributed by atoms with E-state index in [1.165, 1.54) is 38.9 Å². The van der Waals surface area contributed by atoms with Crippen molar-refractivity contribution in [1.82, 2.24) is 24.5 Å². The van der Waals surface area contributed by atoms with Gasteiger partial charge in [0.1, 0.15) is 11.6 Å². The maximum atomic E-state index is 4.79. The van der Waals surface area contributed by atoms with Gasteiger partial charge in [-0.1, -0.05) is 12.9 Å². The van der Waals surface area contributed by atoms with E-state index in [9.17, 15) is 0 Å². The average Bonchev–Trinajstić information content (AvgIpc) is 3.42. The van der Waals surface area contributed by atoms with Crippen LogP contribution in [-0.4, -0.2) is 57.9 Å². The molecule has 29 heavy (non-hydrogen) atoms. The van der Waals surface area contributed by atoms with E-state index in [1.807, 2.05) is 43.1 Å². The third-order valence-electron chi connectivity index (χ3n) is 5.41. The van der Waals surface area contributed by atoms with Crippen molar-refractivity contribution in [2.45, 2.75) is 39.1 Å². The summed E-state index contributed by atoms with van der Waals surface area (Å²) in [6, 6.07) is 6.05. The molecule has 151 valence electrons. The second-order valence-corrected chi connectivity index (χ2v) is 7.55. The number of hydrogen-bond acceptors (Lipinski definition) is 6. The zero-order valence-electron chi connectivity index (χ0n) is 17.1. The predicted molar refractivity (Wildman–Crippen MR) is 119 cm³/mol. The van der Waals surface area contributed by atoms with Gasteiger partial charge in [0.25, 0.3) is 0 Å². The molecular formula is C21H29BN7. The van der Waals surface area contributed by atoms with Crippen molar-refractivity contribution >= 4 is 30.0 Å². The number of unbranched alkanes of at least 4 members (excludes halogenated alkanes) is 1. The summed E-state index contributed by atoms with van der Waals surface area (Å²) in [4.78, 5) is 11.5. The number of nitrogens with zero attached hydrogens (tertiary/aromatic N) is 5. The molecule has 2 N–H and O–H groups in total. The number of likely N-dealkylation sites (tertiary alicyclic amines) is 1. The first-order valence-electron chi connectivity index (χ1n) is 10.6. The summed E-state index contributed by atoms with van der Waals surface area (Å²) in [7, 11) is 2.04.